The molecule has 0 aromatic heterocycles. The van der Waals surface area contributed by atoms with Crippen LogP contribution in [0, 0.1) is 0 Å². The zero-order chi connectivity index (χ0) is 10.9. The lowest BCUT2D eigenvalue weighted by Gasteiger charge is -2.47. The second kappa shape index (κ2) is 3.58. The average Bonchev–Trinajstić information content (AvgIpc) is 1.84. The molecule has 13 heavy (non-hydrogen) atoms. The molecule has 0 spiro atoms. The molecule has 0 atom stereocenters. The van der Waals surface area contributed by atoms with Crippen molar-refractivity contribution in [3.63, 3.8) is 0 Å². The van der Waals surface area contributed by atoms with Crippen molar-refractivity contribution in [2.75, 3.05) is 7.11 Å². The number of rotatable bonds is 2. The molecule has 0 amide bonds. The summed E-state index contributed by atoms with van der Waals surface area (Å²) in [5, 5.41) is 0.392. The van der Waals surface area contributed by atoms with Crippen molar-refractivity contribution in [3.8, 4) is 0 Å². The molecule has 0 aliphatic heterocycles. The zero-order valence-corrected chi connectivity index (χ0v) is 11.2. The van der Waals surface area contributed by atoms with Gasteiger partial charge in [0.1, 0.15) is 0 Å². The third-order valence-corrected chi connectivity index (χ3v) is 8.51. The van der Waals surface area contributed by atoms with E-state index in [1.165, 1.54) is 0 Å². The first-order valence-electron chi connectivity index (χ1n) is 4.81. The zero-order valence-electron chi connectivity index (χ0n) is 10.2. The highest BCUT2D eigenvalue weighted by molar-refractivity contribution is 6.83. The Hall–Kier alpha value is -0.0831. The van der Waals surface area contributed by atoms with E-state index in [2.05, 4.69) is 53.8 Å². The SMILES string of the molecule is C=C[Si](OC)(C(C)(C)C)C(C)(C)C. The van der Waals surface area contributed by atoms with Crippen LogP contribution in [0.4, 0.5) is 0 Å². The molecule has 0 fully saturated rings. The van der Waals surface area contributed by atoms with Crippen molar-refractivity contribution in [1.82, 2.24) is 0 Å². The van der Waals surface area contributed by atoms with E-state index >= 15 is 0 Å². The first-order valence-corrected chi connectivity index (χ1v) is 6.79. The van der Waals surface area contributed by atoms with Gasteiger partial charge in [-0.25, -0.2) is 0 Å². The van der Waals surface area contributed by atoms with Gasteiger partial charge in [0.05, 0.1) is 0 Å². The molecule has 0 aromatic carbocycles. The van der Waals surface area contributed by atoms with Gasteiger partial charge >= 0.3 is 0 Å². The minimum atomic E-state index is -1.88. The van der Waals surface area contributed by atoms with E-state index in [-0.39, 0.29) is 10.1 Å². The highest BCUT2D eigenvalue weighted by atomic mass is 28.4. The predicted octanol–water partition coefficient (Wildman–Crippen LogP) is 3.90. The van der Waals surface area contributed by atoms with Gasteiger partial charge < -0.3 is 4.43 Å². The Morgan fingerprint density at radius 1 is 1.00 bits per heavy atom. The van der Waals surface area contributed by atoms with Gasteiger partial charge in [0.2, 0.25) is 8.32 Å². The normalized spacial score (nSPS) is 14.4. The molecule has 0 heterocycles. The Kier molecular flexibility index (Phi) is 3.56. The van der Waals surface area contributed by atoms with Crippen molar-refractivity contribution in [2.45, 2.75) is 51.6 Å². The number of hydrogen-bond acceptors (Lipinski definition) is 1. The molecular weight excluding hydrogens is 176 g/mol. The summed E-state index contributed by atoms with van der Waals surface area (Å²) in [6.45, 7) is 17.4. The maximum atomic E-state index is 5.84. The summed E-state index contributed by atoms with van der Waals surface area (Å²) in [6, 6.07) is 0. The molecule has 0 aliphatic rings. The minimum Gasteiger partial charge on any atom is -0.415 e. The second-order valence-corrected chi connectivity index (χ2v) is 10.9. The van der Waals surface area contributed by atoms with E-state index in [1.54, 1.807) is 0 Å². The van der Waals surface area contributed by atoms with E-state index in [0.717, 1.165) is 0 Å². The first-order chi connectivity index (χ1) is 5.62. The third-order valence-electron chi connectivity index (χ3n) is 2.84. The van der Waals surface area contributed by atoms with E-state index in [0.29, 0.717) is 0 Å². The Labute approximate surface area is 84.3 Å². The topological polar surface area (TPSA) is 9.23 Å². The molecule has 0 aliphatic carbocycles. The molecule has 0 radical (unpaired) electrons. The van der Waals surface area contributed by atoms with Crippen LogP contribution in [0.15, 0.2) is 12.3 Å². The lowest BCUT2D eigenvalue weighted by atomic mass is 10.2. The molecule has 1 nitrogen and oxygen atoms in total. The fourth-order valence-corrected chi connectivity index (χ4v) is 7.30. The third kappa shape index (κ3) is 2.05. The van der Waals surface area contributed by atoms with Gasteiger partial charge in [0.15, 0.2) is 0 Å². The van der Waals surface area contributed by atoms with Crippen LogP contribution in [0.1, 0.15) is 41.5 Å². The maximum absolute atomic E-state index is 5.84. The first kappa shape index (κ1) is 12.9. The Morgan fingerprint density at radius 2 is 1.31 bits per heavy atom. The summed E-state index contributed by atoms with van der Waals surface area (Å²) < 4.78 is 5.84. The standard InChI is InChI=1S/C11H24OSi/c1-9-13(12-8,10(2,3)4)11(5,6)7/h9H,1H2,2-8H3. The van der Waals surface area contributed by atoms with Crippen molar-refractivity contribution >= 4 is 8.32 Å². The minimum absolute atomic E-state index is 0.196. The molecule has 0 aromatic rings. The van der Waals surface area contributed by atoms with Crippen LogP contribution in [-0.4, -0.2) is 15.4 Å². The van der Waals surface area contributed by atoms with Gasteiger partial charge in [-0.2, -0.15) is 0 Å². The molecule has 0 saturated heterocycles. The van der Waals surface area contributed by atoms with Crippen molar-refractivity contribution in [1.29, 1.82) is 0 Å². The monoisotopic (exact) mass is 200 g/mol. The van der Waals surface area contributed by atoms with Crippen molar-refractivity contribution < 1.29 is 4.43 Å². The van der Waals surface area contributed by atoms with Gasteiger partial charge in [-0.1, -0.05) is 47.2 Å². The molecule has 0 rings (SSSR count). The Morgan fingerprint density at radius 3 is 1.31 bits per heavy atom. The molecule has 0 N–H and O–H groups in total. The van der Waals surface area contributed by atoms with Crippen molar-refractivity contribution in [2.24, 2.45) is 0 Å². The van der Waals surface area contributed by atoms with Gasteiger partial charge in [0, 0.05) is 7.11 Å². The molecule has 2 heteroatoms. The summed E-state index contributed by atoms with van der Waals surface area (Å²) >= 11 is 0. The summed E-state index contributed by atoms with van der Waals surface area (Å²) in [6.07, 6.45) is 0. The Bertz CT molecular complexity index is 169. The van der Waals surface area contributed by atoms with E-state index in [9.17, 15) is 0 Å². The van der Waals surface area contributed by atoms with Crippen LogP contribution in [-0.2, 0) is 4.43 Å². The average molecular weight is 200 g/mol. The smallest absolute Gasteiger partial charge is 0.226 e. The van der Waals surface area contributed by atoms with Crippen LogP contribution >= 0.6 is 0 Å². The molecule has 78 valence electrons. The second-order valence-electron chi connectivity index (χ2n) is 5.64. The highest BCUT2D eigenvalue weighted by Gasteiger charge is 2.52. The summed E-state index contributed by atoms with van der Waals surface area (Å²) in [5.74, 6) is 0. The van der Waals surface area contributed by atoms with Gasteiger partial charge in [-0.3, -0.25) is 0 Å². The van der Waals surface area contributed by atoms with Gasteiger partial charge in [-0.15, -0.1) is 6.58 Å². The largest absolute Gasteiger partial charge is 0.415 e. The van der Waals surface area contributed by atoms with Crippen molar-refractivity contribution in [3.05, 3.63) is 12.3 Å². The van der Waals surface area contributed by atoms with Crippen LogP contribution in [0.25, 0.3) is 0 Å². The summed E-state index contributed by atoms with van der Waals surface area (Å²) in [5.41, 5.74) is 2.08. The lowest BCUT2D eigenvalue weighted by molar-refractivity contribution is 0.340. The molecule has 0 unspecified atom stereocenters. The summed E-state index contributed by atoms with van der Waals surface area (Å²) in [7, 11) is -0.0589. The molecule has 0 bridgehead atoms. The molecular formula is C11H24OSi. The fraction of sp³-hybridized carbons (Fsp3) is 0.818. The maximum Gasteiger partial charge on any atom is 0.226 e. The van der Waals surface area contributed by atoms with Gasteiger partial charge in [-0.05, 0) is 10.1 Å². The quantitative estimate of drug-likeness (QED) is 0.614. The lowest BCUT2D eigenvalue weighted by Crippen LogP contribution is -2.52. The van der Waals surface area contributed by atoms with E-state index in [1.807, 2.05) is 7.11 Å². The van der Waals surface area contributed by atoms with Crippen LogP contribution in [0.3, 0.4) is 0 Å². The predicted molar refractivity (Wildman–Crippen MR) is 62.4 cm³/mol. The highest BCUT2D eigenvalue weighted by Crippen LogP contribution is 2.51. The van der Waals surface area contributed by atoms with Crippen LogP contribution < -0.4 is 0 Å². The summed E-state index contributed by atoms with van der Waals surface area (Å²) in [4.78, 5) is 0. The van der Waals surface area contributed by atoms with Crippen LogP contribution in [0.5, 0.6) is 0 Å². The van der Waals surface area contributed by atoms with Crippen LogP contribution in [0.2, 0.25) is 10.1 Å². The van der Waals surface area contributed by atoms with Gasteiger partial charge in [0.25, 0.3) is 0 Å². The van der Waals surface area contributed by atoms with E-state index < -0.39 is 8.32 Å². The molecule has 0 saturated carbocycles. The Balaban J connectivity index is 5.30. The fourth-order valence-electron chi connectivity index (χ4n) is 2.43. The number of hydrogen-bond donors (Lipinski definition) is 0. The van der Waals surface area contributed by atoms with E-state index in [4.69, 9.17) is 4.43 Å².